The standard InChI is InChI=1S/C10H9N3.C2H6/c1-8-3-4-9(13-7-8)10-11-5-2-6-12-10;1-2/h2-7H,1H3;1-2H3. The van der Waals surface area contributed by atoms with Crippen LogP contribution in [0.5, 0.6) is 0 Å². The van der Waals surface area contributed by atoms with E-state index in [0.29, 0.717) is 5.82 Å². The van der Waals surface area contributed by atoms with E-state index < -0.39 is 0 Å². The third-order valence-electron chi connectivity index (χ3n) is 1.71. The molecule has 0 saturated carbocycles. The molecule has 15 heavy (non-hydrogen) atoms. The lowest BCUT2D eigenvalue weighted by Gasteiger charge is -1.97. The lowest BCUT2D eigenvalue weighted by atomic mass is 10.2. The minimum absolute atomic E-state index is 0.669. The maximum absolute atomic E-state index is 4.22. The Hall–Kier alpha value is -1.77. The van der Waals surface area contributed by atoms with Crippen LogP contribution in [0.4, 0.5) is 0 Å². The zero-order valence-electron chi connectivity index (χ0n) is 9.31. The van der Waals surface area contributed by atoms with E-state index in [9.17, 15) is 0 Å². The first-order chi connectivity index (χ1) is 7.36. The molecule has 78 valence electrons. The largest absolute Gasteiger partial charge is 0.253 e. The fraction of sp³-hybridized carbons (Fsp3) is 0.250. The van der Waals surface area contributed by atoms with Gasteiger partial charge in [-0.05, 0) is 24.6 Å². The summed E-state index contributed by atoms with van der Waals surface area (Å²) in [6, 6.07) is 5.71. The monoisotopic (exact) mass is 201 g/mol. The van der Waals surface area contributed by atoms with E-state index in [1.807, 2.05) is 39.1 Å². The number of aryl methyl sites for hydroxylation is 1. The number of rotatable bonds is 1. The molecule has 2 aromatic heterocycles. The van der Waals surface area contributed by atoms with Crippen molar-refractivity contribution in [2.45, 2.75) is 20.8 Å². The molecule has 0 saturated heterocycles. The summed E-state index contributed by atoms with van der Waals surface area (Å²) in [5, 5.41) is 0. The molecule has 2 rings (SSSR count). The van der Waals surface area contributed by atoms with Gasteiger partial charge in [-0.2, -0.15) is 0 Å². The molecule has 2 aromatic rings. The Morgan fingerprint density at radius 3 is 2.13 bits per heavy atom. The van der Waals surface area contributed by atoms with Crippen molar-refractivity contribution in [3.63, 3.8) is 0 Å². The second kappa shape index (κ2) is 5.86. The Kier molecular flexibility index (Phi) is 4.41. The molecular weight excluding hydrogens is 186 g/mol. The van der Waals surface area contributed by atoms with Gasteiger partial charge in [0.1, 0.15) is 5.69 Å². The van der Waals surface area contributed by atoms with Gasteiger partial charge in [-0.15, -0.1) is 0 Å². The van der Waals surface area contributed by atoms with Crippen LogP contribution in [0.15, 0.2) is 36.8 Å². The SMILES string of the molecule is CC.Cc1ccc(-c2ncccn2)nc1. The Morgan fingerprint density at radius 2 is 1.60 bits per heavy atom. The lowest BCUT2D eigenvalue weighted by Crippen LogP contribution is -1.89. The molecule has 0 aliphatic rings. The van der Waals surface area contributed by atoms with Gasteiger partial charge in [0.25, 0.3) is 0 Å². The van der Waals surface area contributed by atoms with Gasteiger partial charge in [0.05, 0.1) is 0 Å². The molecule has 0 aliphatic heterocycles. The summed E-state index contributed by atoms with van der Waals surface area (Å²) in [7, 11) is 0. The number of hydrogen-bond donors (Lipinski definition) is 0. The molecule has 2 heterocycles. The van der Waals surface area contributed by atoms with Crippen LogP contribution < -0.4 is 0 Å². The van der Waals surface area contributed by atoms with Crippen molar-refractivity contribution in [1.82, 2.24) is 15.0 Å². The van der Waals surface area contributed by atoms with Gasteiger partial charge in [0, 0.05) is 18.6 Å². The molecule has 0 atom stereocenters. The van der Waals surface area contributed by atoms with Crippen molar-refractivity contribution in [3.8, 4) is 11.5 Å². The molecule has 0 aliphatic carbocycles. The summed E-state index contributed by atoms with van der Waals surface area (Å²) < 4.78 is 0. The third kappa shape index (κ3) is 3.13. The summed E-state index contributed by atoms with van der Waals surface area (Å²) in [4.78, 5) is 12.4. The molecular formula is C12H15N3. The average Bonchev–Trinajstić information content (AvgIpc) is 2.34. The van der Waals surface area contributed by atoms with E-state index in [1.165, 1.54) is 0 Å². The predicted octanol–water partition coefficient (Wildman–Crippen LogP) is 2.87. The Labute approximate surface area is 90.2 Å². The van der Waals surface area contributed by atoms with Crippen LogP contribution in [0.2, 0.25) is 0 Å². The van der Waals surface area contributed by atoms with Crippen molar-refractivity contribution in [1.29, 1.82) is 0 Å². The first-order valence-electron chi connectivity index (χ1n) is 5.06. The van der Waals surface area contributed by atoms with Gasteiger partial charge in [-0.1, -0.05) is 19.9 Å². The Morgan fingerprint density at radius 1 is 0.933 bits per heavy atom. The number of aromatic nitrogens is 3. The van der Waals surface area contributed by atoms with E-state index in [2.05, 4.69) is 15.0 Å². The topological polar surface area (TPSA) is 38.7 Å². The van der Waals surface area contributed by atoms with E-state index in [4.69, 9.17) is 0 Å². The Bertz CT molecular complexity index is 381. The van der Waals surface area contributed by atoms with Crippen LogP contribution in [0, 0.1) is 6.92 Å². The van der Waals surface area contributed by atoms with E-state index in [0.717, 1.165) is 11.3 Å². The van der Waals surface area contributed by atoms with Gasteiger partial charge in [0.2, 0.25) is 0 Å². The third-order valence-corrected chi connectivity index (χ3v) is 1.71. The molecule has 0 amide bonds. The number of nitrogens with zero attached hydrogens (tertiary/aromatic N) is 3. The molecule has 0 fully saturated rings. The van der Waals surface area contributed by atoms with Crippen LogP contribution >= 0.6 is 0 Å². The molecule has 0 spiro atoms. The zero-order chi connectivity index (χ0) is 11.1. The average molecular weight is 201 g/mol. The van der Waals surface area contributed by atoms with Crippen molar-refractivity contribution in [2.75, 3.05) is 0 Å². The minimum atomic E-state index is 0.669. The van der Waals surface area contributed by atoms with E-state index in [-0.39, 0.29) is 0 Å². The zero-order valence-corrected chi connectivity index (χ0v) is 9.31. The van der Waals surface area contributed by atoms with Gasteiger partial charge >= 0.3 is 0 Å². The molecule has 0 N–H and O–H groups in total. The van der Waals surface area contributed by atoms with Crippen molar-refractivity contribution in [3.05, 3.63) is 42.4 Å². The van der Waals surface area contributed by atoms with Crippen molar-refractivity contribution >= 4 is 0 Å². The number of pyridine rings is 1. The van der Waals surface area contributed by atoms with E-state index >= 15 is 0 Å². The maximum atomic E-state index is 4.22. The highest BCUT2D eigenvalue weighted by atomic mass is 14.9. The second-order valence-electron chi connectivity index (χ2n) is 2.79. The van der Waals surface area contributed by atoms with Crippen molar-refractivity contribution < 1.29 is 0 Å². The Balaban J connectivity index is 0.000000531. The summed E-state index contributed by atoms with van der Waals surface area (Å²) in [6.07, 6.45) is 5.24. The molecule has 0 radical (unpaired) electrons. The summed E-state index contributed by atoms with van der Waals surface area (Å²) >= 11 is 0. The van der Waals surface area contributed by atoms with Crippen LogP contribution in [0.3, 0.4) is 0 Å². The summed E-state index contributed by atoms with van der Waals surface area (Å²) in [6.45, 7) is 6.00. The van der Waals surface area contributed by atoms with E-state index in [1.54, 1.807) is 18.5 Å². The highest BCUT2D eigenvalue weighted by Gasteiger charge is 1.98. The quantitative estimate of drug-likeness (QED) is 0.712. The first kappa shape index (κ1) is 11.3. The number of hydrogen-bond acceptors (Lipinski definition) is 3. The minimum Gasteiger partial charge on any atom is -0.253 e. The second-order valence-corrected chi connectivity index (χ2v) is 2.79. The smallest absolute Gasteiger partial charge is 0.178 e. The van der Waals surface area contributed by atoms with Crippen LogP contribution in [0.1, 0.15) is 19.4 Å². The summed E-state index contributed by atoms with van der Waals surface area (Å²) in [5.74, 6) is 0.669. The first-order valence-corrected chi connectivity index (χ1v) is 5.06. The fourth-order valence-corrected chi connectivity index (χ4v) is 1.03. The van der Waals surface area contributed by atoms with Crippen LogP contribution in [-0.4, -0.2) is 15.0 Å². The van der Waals surface area contributed by atoms with Crippen LogP contribution in [-0.2, 0) is 0 Å². The highest BCUT2D eigenvalue weighted by molar-refractivity contribution is 5.48. The van der Waals surface area contributed by atoms with Gasteiger partial charge in [-0.25, -0.2) is 9.97 Å². The molecule has 0 bridgehead atoms. The fourth-order valence-electron chi connectivity index (χ4n) is 1.03. The molecule has 0 unspecified atom stereocenters. The molecule has 3 heteroatoms. The molecule has 3 nitrogen and oxygen atoms in total. The predicted molar refractivity (Wildman–Crippen MR) is 61.3 cm³/mol. The molecule has 0 aromatic carbocycles. The normalized spacial score (nSPS) is 9.00. The summed E-state index contributed by atoms with van der Waals surface area (Å²) in [5.41, 5.74) is 1.95. The van der Waals surface area contributed by atoms with Crippen LogP contribution in [0.25, 0.3) is 11.5 Å². The lowest BCUT2D eigenvalue weighted by molar-refractivity contribution is 1.13. The van der Waals surface area contributed by atoms with Gasteiger partial charge in [0.15, 0.2) is 5.82 Å². The van der Waals surface area contributed by atoms with Crippen molar-refractivity contribution in [2.24, 2.45) is 0 Å². The van der Waals surface area contributed by atoms with Gasteiger partial charge in [-0.3, -0.25) is 4.98 Å². The maximum Gasteiger partial charge on any atom is 0.178 e. The highest BCUT2D eigenvalue weighted by Crippen LogP contribution is 2.09. The van der Waals surface area contributed by atoms with Gasteiger partial charge < -0.3 is 0 Å².